The number of carbonyl (C=O) groups is 1. The third kappa shape index (κ3) is 6.23. The van der Waals surface area contributed by atoms with Crippen molar-refractivity contribution in [3.05, 3.63) is 60.6 Å². The van der Waals surface area contributed by atoms with Crippen molar-refractivity contribution in [2.75, 3.05) is 34.4 Å². The van der Waals surface area contributed by atoms with Crippen LogP contribution in [-0.2, 0) is 17.9 Å². The highest BCUT2D eigenvalue weighted by Crippen LogP contribution is 2.26. The Labute approximate surface area is 212 Å². The minimum Gasteiger partial charge on any atom is -0.497 e. The van der Waals surface area contributed by atoms with Gasteiger partial charge in [-0.15, -0.1) is 4.21 Å². The summed E-state index contributed by atoms with van der Waals surface area (Å²) >= 11 is -2.16. The van der Waals surface area contributed by atoms with E-state index in [1.807, 2.05) is 31.3 Å². The number of carbonyl (C=O) groups excluding carboxylic acids is 1. The topological polar surface area (TPSA) is 109 Å². The van der Waals surface area contributed by atoms with Crippen LogP contribution in [0.2, 0.25) is 0 Å². The van der Waals surface area contributed by atoms with Gasteiger partial charge in [0.25, 0.3) is 0 Å². The molecule has 1 unspecified atom stereocenters. The van der Waals surface area contributed by atoms with Crippen LogP contribution in [-0.4, -0.2) is 74.5 Å². The van der Waals surface area contributed by atoms with Gasteiger partial charge in [-0.3, -0.25) is 9.47 Å². The summed E-state index contributed by atoms with van der Waals surface area (Å²) in [4.78, 5) is 21.6. The predicted molar refractivity (Wildman–Crippen MR) is 136 cm³/mol. The number of likely N-dealkylation sites (tertiary alicyclic amines) is 1. The third-order valence-electron chi connectivity index (χ3n) is 6.33. The van der Waals surface area contributed by atoms with Crippen molar-refractivity contribution in [2.45, 2.75) is 25.4 Å². The SMILES string of the molecule is COc1cc(CN2CCC(N(C)C(=O)n3cnc(-c4cccc(OS(=O)[OH2+])c4)c3)CC2)cc(OC)c1. The first-order valence-electron chi connectivity index (χ1n) is 11.5. The Bertz CT molecular complexity index is 1200. The van der Waals surface area contributed by atoms with Gasteiger partial charge in [-0.2, -0.15) is 0 Å². The van der Waals surface area contributed by atoms with E-state index in [0.29, 0.717) is 17.0 Å². The first-order valence-corrected chi connectivity index (χ1v) is 12.6. The Morgan fingerprint density at radius 1 is 1.11 bits per heavy atom. The van der Waals surface area contributed by atoms with E-state index in [2.05, 4.69) is 9.88 Å². The highest BCUT2D eigenvalue weighted by molar-refractivity contribution is 7.74. The van der Waals surface area contributed by atoms with Crippen molar-refractivity contribution in [3.8, 4) is 28.5 Å². The van der Waals surface area contributed by atoms with E-state index in [4.69, 9.17) is 18.2 Å². The Kier molecular flexibility index (Phi) is 8.24. The Morgan fingerprint density at radius 2 is 1.81 bits per heavy atom. The van der Waals surface area contributed by atoms with Gasteiger partial charge in [0.15, 0.2) is 0 Å². The van der Waals surface area contributed by atoms with Crippen LogP contribution in [0.3, 0.4) is 0 Å². The van der Waals surface area contributed by atoms with Crippen LogP contribution in [0.15, 0.2) is 55.0 Å². The molecule has 2 aromatic carbocycles. The van der Waals surface area contributed by atoms with Crippen LogP contribution in [0.4, 0.5) is 4.79 Å². The molecule has 0 saturated carbocycles. The third-order valence-corrected chi connectivity index (χ3v) is 6.67. The van der Waals surface area contributed by atoms with Crippen LogP contribution in [0.5, 0.6) is 17.2 Å². The van der Waals surface area contributed by atoms with E-state index in [1.54, 1.807) is 43.5 Å². The molecule has 0 aliphatic carbocycles. The molecule has 1 aromatic heterocycles. The van der Waals surface area contributed by atoms with Gasteiger partial charge in [0.2, 0.25) is 0 Å². The molecule has 0 bridgehead atoms. The summed E-state index contributed by atoms with van der Waals surface area (Å²) in [7, 11) is 5.12. The summed E-state index contributed by atoms with van der Waals surface area (Å²) in [6.45, 7) is 2.54. The fraction of sp³-hybridized carbons (Fsp3) is 0.360. The zero-order valence-electron chi connectivity index (χ0n) is 20.5. The van der Waals surface area contributed by atoms with Crippen molar-refractivity contribution < 1.29 is 27.2 Å². The van der Waals surface area contributed by atoms with Crippen molar-refractivity contribution in [1.82, 2.24) is 19.4 Å². The molecule has 0 spiro atoms. The zero-order chi connectivity index (χ0) is 25.7. The lowest BCUT2D eigenvalue weighted by Gasteiger charge is -2.36. The summed E-state index contributed by atoms with van der Waals surface area (Å²) in [5, 5.41) is 0. The molecule has 4 rings (SSSR count). The average Bonchev–Trinajstić information content (AvgIpc) is 3.38. The van der Waals surface area contributed by atoms with Gasteiger partial charge in [0.1, 0.15) is 23.6 Å². The number of rotatable bonds is 8. The summed E-state index contributed by atoms with van der Waals surface area (Å²) in [5.41, 5.74) is 2.42. The van der Waals surface area contributed by atoms with Crippen molar-refractivity contribution in [3.63, 3.8) is 0 Å². The molecule has 36 heavy (non-hydrogen) atoms. The first kappa shape index (κ1) is 25.7. The van der Waals surface area contributed by atoms with E-state index in [0.717, 1.165) is 49.5 Å². The quantitative estimate of drug-likeness (QED) is 0.425. The Morgan fingerprint density at radius 3 is 2.44 bits per heavy atom. The van der Waals surface area contributed by atoms with E-state index in [9.17, 15) is 9.00 Å². The molecule has 1 saturated heterocycles. The molecule has 2 N–H and O–H groups in total. The van der Waals surface area contributed by atoms with E-state index in [-0.39, 0.29) is 12.1 Å². The number of amides is 1. The fourth-order valence-electron chi connectivity index (χ4n) is 4.39. The number of hydrogen-bond acceptors (Lipinski definition) is 7. The van der Waals surface area contributed by atoms with E-state index < -0.39 is 11.4 Å². The maximum absolute atomic E-state index is 13.1. The van der Waals surface area contributed by atoms with Crippen LogP contribution >= 0.6 is 0 Å². The molecule has 1 aliphatic rings. The molecule has 2 heterocycles. The number of ether oxygens (including phenoxy) is 2. The summed E-state index contributed by atoms with van der Waals surface area (Å²) < 4.78 is 35.2. The summed E-state index contributed by atoms with van der Waals surface area (Å²) in [6, 6.07) is 12.7. The molecule has 1 aliphatic heterocycles. The zero-order valence-corrected chi connectivity index (χ0v) is 21.4. The van der Waals surface area contributed by atoms with Gasteiger partial charge in [0.05, 0.1) is 19.9 Å². The van der Waals surface area contributed by atoms with Crippen molar-refractivity contribution in [2.24, 2.45) is 0 Å². The van der Waals surface area contributed by atoms with Gasteiger partial charge in [-0.1, -0.05) is 12.1 Å². The molecular weight excluding hydrogens is 484 g/mol. The predicted octanol–water partition coefficient (Wildman–Crippen LogP) is 2.81. The molecule has 10 nitrogen and oxygen atoms in total. The monoisotopic (exact) mass is 515 g/mol. The van der Waals surface area contributed by atoms with Crippen molar-refractivity contribution >= 4 is 17.4 Å². The smallest absolute Gasteiger partial charge is 0.497 e. The number of methoxy groups -OCH3 is 2. The molecule has 3 aromatic rings. The van der Waals surface area contributed by atoms with Gasteiger partial charge in [-0.25, -0.2) is 9.78 Å². The second kappa shape index (κ2) is 11.5. The lowest BCUT2D eigenvalue weighted by atomic mass is 10.0. The normalized spacial score (nSPS) is 15.3. The molecule has 11 heteroatoms. The second-order valence-corrected chi connectivity index (χ2v) is 9.27. The van der Waals surface area contributed by atoms with Gasteiger partial charge in [0, 0.05) is 50.6 Å². The minimum atomic E-state index is -2.16. The minimum absolute atomic E-state index is 0.128. The standard InChI is InChI=1S/C25H30N4O6S/c1-27(20-7-9-28(10-8-20)15-18-11-22(33-2)14-23(12-18)34-3)25(30)29-16-24(26-17-29)19-5-4-6-21(13-19)35-36(31)32/h4-6,11-14,16-17,20H,7-10,15H2,1-3H3,(H,31,32)/p+1. The van der Waals surface area contributed by atoms with Crippen LogP contribution in [0.25, 0.3) is 11.3 Å². The molecule has 1 fully saturated rings. The number of aromatic nitrogens is 2. The van der Waals surface area contributed by atoms with Crippen LogP contribution in [0.1, 0.15) is 18.4 Å². The fourth-order valence-corrected chi connectivity index (χ4v) is 4.67. The largest absolute Gasteiger partial charge is 0.527 e. The molecule has 1 amide bonds. The summed E-state index contributed by atoms with van der Waals surface area (Å²) in [6.07, 6.45) is 4.90. The highest BCUT2D eigenvalue weighted by atomic mass is 32.2. The molecular formula is C25H31N4O6S+. The first-order chi connectivity index (χ1) is 17.4. The van der Waals surface area contributed by atoms with Gasteiger partial charge >= 0.3 is 17.4 Å². The maximum Gasteiger partial charge on any atom is 0.527 e. The van der Waals surface area contributed by atoms with E-state index in [1.165, 1.54) is 10.9 Å². The Hall–Kier alpha value is -3.41. The molecule has 192 valence electrons. The summed E-state index contributed by atoms with van der Waals surface area (Å²) in [5.74, 6) is 1.85. The Balaban J connectivity index is 1.35. The number of nitrogens with zero attached hydrogens (tertiary/aromatic N) is 4. The van der Waals surface area contributed by atoms with Crippen LogP contribution in [0, 0.1) is 0 Å². The second-order valence-electron chi connectivity index (χ2n) is 8.63. The van der Waals surface area contributed by atoms with Gasteiger partial charge in [-0.05, 0) is 42.7 Å². The number of hydrogen-bond donors (Lipinski definition) is 0. The number of piperidine rings is 1. The molecule has 0 radical (unpaired) electrons. The van der Waals surface area contributed by atoms with Crippen LogP contribution < -0.4 is 13.7 Å². The number of imidazole rings is 1. The van der Waals surface area contributed by atoms with Gasteiger partial charge < -0.3 is 23.1 Å². The average molecular weight is 516 g/mol. The van der Waals surface area contributed by atoms with Crippen molar-refractivity contribution in [1.29, 1.82) is 0 Å². The number of benzene rings is 2. The lowest BCUT2D eigenvalue weighted by Crippen LogP contribution is -2.46. The maximum atomic E-state index is 13.1. The highest BCUT2D eigenvalue weighted by Gasteiger charge is 2.26. The lowest BCUT2D eigenvalue weighted by molar-refractivity contribution is 0.131. The van der Waals surface area contributed by atoms with E-state index >= 15 is 0 Å². The molecule has 1 atom stereocenters.